The van der Waals surface area contributed by atoms with Gasteiger partial charge in [-0.2, -0.15) is 0 Å². The molecule has 1 heterocycles. The summed E-state index contributed by atoms with van der Waals surface area (Å²) in [7, 11) is 0. The van der Waals surface area contributed by atoms with Crippen LogP contribution in [0.1, 0.15) is 32.1 Å². The van der Waals surface area contributed by atoms with Gasteiger partial charge in [0.25, 0.3) is 10.9 Å². The smallest absolute Gasteiger partial charge is 0.277 e. The number of hydrogen-bond acceptors (Lipinski definition) is 8. The zero-order valence-corrected chi connectivity index (χ0v) is 11.7. The van der Waals surface area contributed by atoms with Crippen LogP contribution in [0.3, 0.4) is 0 Å². The molecule has 0 amide bonds. The zero-order chi connectivity index (χ0) is 17.2. The molecule has 0 N–H and O–H groups in total. The lowest BCUT2D eigenvalue weighted by molar-refractivity contribution is 0.0970. The lowest BCUT2D eigenvalue weighted by Crippen LogP contribution is -2.53. The molecule has 0 atom stereocenters. The Labute approximate surface area is 130 Å². The first-order chi connectivity index (χ1) is 11.4. The van der Waals surface area contributed by atoms with E-state index in [2.05, 4.69) is 9.97 Å². The molecular formula is C16H4N2O6. The molecule has 3 aromatic rings. The molecule has 0 unspecified atom stereocenters. The van der Waals surface area contributed by atoms with Crippen LogP contribution in [0.25, 0.3) is 11.0 Å². The van der Waals surface area contributed by atoms with E-state index in [1.165, 1.54) is 0 Å². The van der Waals surface area contributed by atoms with Crippen LogP contribution in [-0.2, 0) is 0 Å². The van der Waals surface area contributed by atoms with Gasteiger partial charge in [0.15, 0.2) is 0 Å². The maximum Gasteiger partial charge on any atom is 0.277 e. The summed E-state index contributed by atoms with van der Waals surface area (Å²) in [4.78, 5) is 79.9. The van der Waals surface area contributed by atoms with E-state index in [9.17, 15) is 28.8 Å². The summed E-state index contributed by atoms with van der Waals surface area (Å²) in [6, 6.07) is 6.38. The van der Waals surface area contributed by atoms with Gasteiger partial charge in [0.2, 0.25) is 22.4 Å². The first-order valence-electron chi connectivity index (χ1n) is 6.70. The van der Waals surface area contributed by atoms with Gasteiger partial charge in [0.05, 0.1) is 22.2 Å². The molecule has 1 aliphatic rings. The van der Waals surface area contributed by atoms with Crippen molar-refractivity contribution in [3.63, 3.8) is 0 Å². The molecule has 8 heteroatoms. The summed E-state index contributed by atoms with van der Waals surface area (Å²) < 4.78 is 0. The summed E-state index contributed by atoms with van der Waals surface area (Å²) in [5.41, 5.74) is -8.20. The van der Waals surface area contributed by atoms with Gasteiger partial charge in [-0.1, -0.05) is 12.1 Å². The lowest BCUT2D eigenvalue weighted by Gasteiger charge is -2.14. The van der Waals surface area contributed by atoms with Gasteiger partial charge in [-0.15, -0.1) is 0 Å². The maximum absolute atomic E-state index is 12.5. The van der Waals surface area contributed by atoms with E-state index in [4.69, 9.17) is 0 Å². The number of para-hydroxylation sites is 2. The van der Waals surface area contributed by atoms with Crippen molar-refractivity contribution in [1.29, 1.82) is 0 Å². The third-order valence-electron chi connectivity index (χ3n) is 3.78. The number of aromatic nitrogens is 2. The fourth-order valence-electron chi connectivity index (χ4n) is 2.65. The molecule has 2 aromatic carbocycles. The van der Waals surface area contributed by atoms with Crippen LogP contribution in [0.15, 0.2) is 43.4 Å². The summed E-state index contributed by atoms with van der Waals surface area (Å²) in [5.74, 6) is -2.12. The molecule has 0 bridgehead atoms. The molecule has 0 fully saturated rings. The topological polar surface area (TPSA) is 128 Å². The molecule has 0 radical (unpaired) electrons. The van der Waals surface area contributed by atoms with Crippen LogP contribution < -0.4 is 21.7 Å². The Hall–Kier alpha value is -3.68. The van der Waals surface area contributed by atoms with Crippen molar-refractivity contribution in [1.82, 2.24) is 9.97 Å². The van der Waals surface area contributed by atoms with Gasteiger partial charge < -0.3 is 0 Å². The summed E-state index contributed by atoms with van der Waals surface area (Å²) in [5, 5.41) is 0. The van der Waals surface area contributed by atoms with Crippen molar-refractivity contribution >= 4 is 22.6 Å². The van der Waals surface area contributed by atoms with Gasteiger partial charge in [0, 0.05) is 0 Å². The minimum Gasteiger partial charge on any atom is -0.287 e. The van der Waals surface area contributed by atoms with Crippen molar-refractivity contribution in [2.45, 2.75) is 0 Å². The van der Waals surface area contributed by atoms with Gasteiger partial charge in [-0.25, -0.2) is 9.97 Å². The second-order valence-electron chi connectivity index (χ2n) is 5.13. The number of hydrogen-bond donors (Lipinski definition) is 0. The summed E-state index contributed by atoms with van der Waals surface area (Å²) in [6.45, 7) is 0. The molecule has 4 rings (SSSR count). The highest BCUT2D eigenvalue weighted by Crippen LogP contribution is 2.22. The third kappa shape index (κ3) is 1.56. The molecule has 0 aliphatic heterocycles. The number of nitrogens with zero attached hydrogens (tertiary/aromatic N) is 2. The maximum atomic E-state index is 12.5. The largest absolute Gasteiger partial charge is 0.287 e. The molecule has 114 valence electrons. The summed E-state index contributed by atoms with van der Waals surface area (Å²) >= 11 is 0. The Morgan fingerprint density at radius 2 is 0.917 bits per heavy atom. The number of rotatable bonds is 0. The first kappa shape index (κ1) is 13.9. The van der Waals surface area contributed by atoms with Crippen LogP contribution in [0.2, 0.25) is 0 Å². The quantitative estimate of drug-likeness (QED) is 0.366. The van der Waals surface area contributed by atoms with Crippen LogP contribution in [0, 0.1) is 0 Å². The third-order valence-corrected chi connectivity index (χ3v) is 3.78. The fourth-order valence-corrected chi connectivity index (χ4v) is 2.65. The average molecular weight is 320 g/mol. The van der Waals surface area contributed by atoms with Crippen LogP contribution in [0.5, 0.6) is 0 Å². The van der Waals surface area contributed by atoms with E-state index in [1.807, 2.05) is 0 Å². The zero-order valence-electron chi connectivity index (χ0n) is 11.7. The van der Waals surface area contributed by atoms with Crippen LogP contribution in [-0.4, -0.2) is 21.5 Å². The van der Waals surface area contributed by atoms with Crippen molar-refractivity contribution in [2.24, 2.45) is 0 Å². The second kappa shape index (κ2) is 4.42. The lowest BCUT2D eigenvalue weighted by atomic mass is 9.88. The minimum atomic E-state index is -1.63. The Morgan fingerprint density at radius 1 is 0.542 bits per heavy atom. The average Bonchev–Trinajstić information content (AvgIpc) is 2.59. The SMILES string of the molecule is O=C1c2nc3ccccc3nc2C(=O)c2c1c(=O)c(=O)c(=O)c2=O. The minimum absolute atomic E-state index is 0.304. The van der Waals surface area contributed by atoms with E-state index in [0.717, 1.165) is 0 Å². The molecule has 1 aromatic heterocycles. The predicted molar refractivity (Wildman–Crippen MR) is 80.3 cm³/mol. The second-order valence-corrected chi connectivity index (χ2v) is 5.13. The highest BCUT2D eigenvalue weighted by molar-refractivity contribution is 6.27. The first-order valence-corrected chi connectivity index (χ1v) is 6.70. The van der Waals surface area contributed by atoms with Crippen molar-refractivity contribution in [3.05, 3.63) is 87.7 Å². The number of carbonyl (C=O) groups is 2. The number of benzene rings is 2. The Kier molecular flexibility index (Phi) is 2.57. The Balaban J connectivity index is 2.20. The van der Waals surface area contributed by atoms with Crippen molar-refractivity contribution < 1.29 is 9.59 Å². The van der Waals surface area contributed by atoms with E-state index >= 15 is 0 Å². The highest BCUT2D eigenvalue weighted by Gasteiger charge is 2.38. The van der Waals surface area contributed by atoms with E-state index < -0.39 is 55.8 Å². The molecular weight excluding hydrogens is 316 g/mol. The summed E-state index contributed by atoms with van der Waals surface area (Å²) in [6.07, 6.45) is 0. The van der Waals surface area contributed by atoms with Gasteiger partial charge in [-0.05, 0) is 12.1 Å². The normalized spacial score (nSPS) is 13.0. The number of carbonyl (C=O) groups excluding carboxylic acids is 2. The van der Waals surface area contributed by atoms with Crippen LogP contribution >= 0.6 is 0 Å². The standard InChI is InChI=1S/C16H4N2O6/c19-11-7-8(14(22)16(24)15(23)13(7)21)12(20)10-9(11)17-5-3-1-2-4-6(5)18-10/h1-4H. The van der Waals surface area contributed by atoms with Crippen molar-refractivity contribution in [3.8, 4) is 0 Å². The van der Waals surface area contributed by atoms with Gasteiger partial charge >= 0.3 is 0 Å². The van der Waals surface area contributed by atoms with Gasteiger partial charge in [0.1, 0.15) is 11.4 Å². The van der Waals surface area contributed by atoms with E-state index in [-0.39, 0.29) is 0 Å². The predicted octanol–water partition coefficient (Wildman–Crippen LogP) is -1.28. The Bertz CT molecular complexity index is 1210. The molecule has 1 aliphatic carbocycles. The molecule has 24 heavy (non-hydrogen) atoms. The monoisotopic (exact) mass is 320 g/mol. The molecule has 0 spiro atoms. The van der Waals surface area contributed by atoms with E-state index in [0.29, 0.717) is 11.0 Å². The molecule has 8 nitrogen and oxygen atoms in total. The van der Waals surface area contributed by atoms with E-state index in [1.54, 1.807) is 24.3 Å². The molecule has 0 saturated carbocycles. The number of ketones is 2. The van der Waals surface area contributed by atoms with Crippen LogP contribution in [0.4, 0.5) is 0 Å². The Morgan fingerprint density at radius 3 is 1.29 bits per heavy atom. The fraction of sp³-hybridized carbons (Fsp3) is 0. The molecule has 0 saturated heterocycles. The van der Waals surface area contributed by atoms with Gasteiger partial charge in [-0.3, -0.25) is 28.8 Å². The highest BCUT2D eigenvalue weighted by atomic mass is 16.2. The number of fused-ring (bicyclic) bond motifs is 3. The van der Waals surface area contributed by atoms with Crippen molar-refractivity contribution in [2.75, 3.05) is 0 Å².